The zero-order valence-corrected chi connectivity index (χ0v) is 19.8. The molecule has 3 aromatic heterocycles. The second kappa shape index (κ2) is 8.87. The number of hydrogen-bond acceptors (Lipinski definition) is 6. The SMILES string of the molecule is COC(=O)c1ccc(-c2cn(CC3CCC(F)(F)CC3)c3nc(-c4c(C)noc4C)cnc23)cc1. The zero-order chi connectivity index (χ0) is 24.7. The molecule has 0 N–H and O–H groups in total. The highest BCUT2D eigenvalue weighted by molar-refractivity contribution is 5.94. The second-order valence-corrected chi connectivity index (χ2v) is 9.19. The maximum atomic E-state index is 13.7. The lowest BCUT2D eigenvalue weighted by atomic mass is 9.87. The summed E-state index contributed by atoms with van der Waals surface area (Å²) in [6, 6.07) is 7.10. The van der Waals surface area contributed by atoms with E-state index in [2.05, 4.69) is 5.16 Å². The van der Waals surface area contributed by atoms with Crippen LogP contribution in [0.4, 0.5) is 8.78 Å². The van der Waals surface area contributed by atoms with Crippen molar-refractivity contribution in [1.82, 2.24) is 19.7 Å². The van der Waals surface area contributed by atoms with E-state index in [0.29, 0.717) is 47.6 Å². The minimum Gasteiger partial charge on any atom is -0.465 e. The van der Waals surface area contributed by atoms with Gasteiger partial charge in [-0.15, -0.1) is 0 Å². The van der Waals surface area contributed by atoms with Crippen LogP contribution in [0.5, 0.6) is 0 Å². The Hall–Kier alpha value is -3.62. The third kappa shape index (κ3) is 4.42. The molecule has 1 saturated carbocycles. The number of carbonyl (C=O) groups excluding carboxylic acids is 1. The van der Waals surface area contributed by atoms with Gasteiger partial charge in [0.2, 0.25) is 5.92 Å². The van der Waals surface area contributed by atoms with Gasteiger partial charge in [0.25, 0.3) is 0 Å². The van der Waals surface area contributed by atoms with Gasteiger partial charge in [0.15, 0.2) is 5.65 Å². The number of halogens is 2. The largest absolute Gasteiger partial charge is 0.465 e. The highest BCUT2D eigenvalue weighted by atomic mass is 19.3. The number of nitrogens with zero attached hydrogens (tertiary/aromatic N) is 4. The Labute approximate surface area is 201 Å². The molecule has 0 amide bonds. The highest BCUT2D eigenvalue weighted by Crippen LogP contribution is 2.38. The van der Waals surface area contributed by atoms with Gasteiger partial charge in [0.05, 0.1) is 35.8 Å². The van der Waals surface area contributed by atoms with Crippen LogP contribution in [0.1, 0.15) is 47.5 Å². The lowest BCUT2D eigenvalue weighted by Crippen LogP contribution is -2.26. The summed E-state index contributed by atoms with van der Waals surface area (Å²) in [6.45, 7) is 4.26. The molecule has 35 heavy (non-hydrogen) atoms. The average molecular weight is 481 g/mol. The number of hydrogen-bond donors (Lipinski definition) is 0. The molecule has 0 spiro atoms. The number of benzene rings is 1. The second-order valence-electron chi connectivity index (χ2n) is 9.19. The van der Waals surface area contributed by atoms with E-state index < -0.39 is 11.9 Å². The first kappa shape index (κ1) is 23.1. The van der Waals surface area contributed by atoms with Crippen molar-refractivity contribution in [2.75, 3.05) is 7.11 Å². The molecule has 4 aromatic rings. The molecule has 1 fully saturated rings. The maximum Gasteiger partial charge on any atom is 0.337 e. The molecule has 0 radical (unpaired) electrons. The number of rotatable bonds is 5. The predicted molar refractivity (Wildman–Crippen MR) is 126 cm³/mol. The Bertz CT molecular complexity index is 1360. The molecular weight excluding hydrogens is 454 g/mol. The zero-order valence-electron chi connectivity index (χ0n) is 19.8. The summed E-state index contributed by atoms with van der Waals surface area (Å²) in [6.07, 6.45) is 4.43. The van der Waals surface area contributed by atoms with Crippen LogP contribution in [0.3, 0.4) is 0 Å². The van der Waals surface area contributed by atoms with Crippen LogP contribution in [0.15, 0.2) is 41.2 Å². The van der Waals surface area contributed by atoms with E-state index in [-0.39, 0.29) is 18.8 Å². The van der Waals surface area contributed by atoms with Crippen LogP contribution in [0, 0.1) is 19.8 Å². The van der Waals surface area contributed by atoms with Gasteiger partial charge >= 0.3 is 5.97 Å². The van der Waals surface area contributed by atoms with Gasteiger partial charge in [0, 0.05) is 31.1 Å². The van der Waals surface area contributed by atoms with Crippen molar-refractivity contribution in [1.29, 1.82) is 0 Å². The van der Waals surface area contributed by atoms with E-state index in [4.69, 9.17) is 19.2 Å². The van der Waals surface area contributed by atoms with Gasteiger partial charge in [0.1, 0.15) is 11.3 Å². The first-order valence-corrected chi connectivity index (χ1v) is 11.6. The van der Waals surface area contributed by atoms with Gasteiger partial charge in [-0.05, 0) is 50.3 Å². The van der Waals surface area contributed by atoms with Crippen LogP contribution in [0.2, 0.25) is 0 Å². The van der Waals surface area contributed by atoms with E-state index in [1.165, 1.54) is 7.11 Å². The molecule has 0 bridgehead atoms. The minimum atomic E-state index is -2.57. The molecule has 182 valence electrons. The molecule has 0 aliphatic heterocycles. The van der Waals surface area contributed by atoms with Crippen molar-refractivity contribution >= 4 is 17.1 Å². The average Bonchev–Trinajstić information content (AvgIpc) is 3.38. The first-order chi connectivity index (χ1) is 16.8. The summed E-state index contributed by atoms with van der Waals surface area (Å²) >= 11 is 0. The predicted octanol–water partition coefficient (Wildman–Crippen LogP) is 5.98. The number of ether oxygens (including phenoxy) is 1. The van der Waals surface area contributed by atoms with Crippen molar-refractivity contribution in [2.45, 2.75) is 52.0 Å². The van der Waals surface area contributed by atoms with E-state index in [1.54, 1.807) is 18.3 Å². The van der Waals surface area contributed by atoms with Crippen molar-refractivity contribution in [2.24, 2.45) is 5.92 Å². The number of methoxy groups -OCH3 is 1. The maximum absolute atomic E-state index is 13.7. The van der Waals surface area contributed by atoms with Gasteiger partial charge in [-0.2, -0.15) is 0 Å². The fraction of sp³-hybridized carbons (Fsp3) is 0.385. The van der Waals surface area contributed by atoms with Crippen LogP contribution in [-0.2, 0) is 11.3 Å². The molecule has 1 aromatic carbocycles. The molecule has 0 atom stereocenters. The lowest BCUT2D eigenvalue weighted by molar-refractivity contribution is -0.0472. The molecular formula is C26H26F2N4O3. The number of esters is 1. The van der Waals surface area contributed by atoms with E-state index >= 15 is 0 Å². The summed E-state index contributed by atoms with van der Waals surface area (Å²) < 4.78 is 39.6. The summed E-state index contributed by atoms with van der Waals surface area (Å²) in [5, 5.41) is 4.03. The number of alkyl halides is 2. The molecule has 0 saturated heterocycles. The van der Waals surface area contributed by atoms with Gasteiger partial charge in [-0.1, -0.05) is 17.3 Å². The lowest BCUT2D eigenvalue weighted by Gasteiger charge is -2.28. The fourth-order valence-electron chi connectivity index (χ4n) is 4.83. The Morgan fingerprint density at radius 1 is 1.20 bits per heavy atom. The molecule has 3 heterocycles. The molecule has 7 nitrogen and oxygen atoms in total. The molecule has 1 aliphatic carbocycles. The monoisotopic (exact) mass is 480 g/mol. The summed E-state index contributed by atoms with van der Waals surface area (Å²) in [4.78, 5) is 21.5. The molecule has 0 unspecified atom stereocenters. The van der Waals surface area contributed by atoms with Gasteiger partial charge in [-0.3, -0.25) is 0 Å². The highest BCUT2D eigenvalue weighted by Gasteiger charge is 2.35. The first-order valence-electron chi connectivity index (χ1n) is 11.6. The van der Waals surface area contributed by atoms with Crippen LogP contribution < -0.4 is 0 Å². The van der Waals surface area contributed by atoms with Crippen molar-refractivity contribution < 1.29 is 22.8 Å². The number of fused-ring (bicyclic) bond motifs is 1. The number of aromatic nitrogens is 4. The smallest absolute Gasteiger partial charge is 0.337 e. The fourth-order valence-corrected chi connectivity index (χ4v) is 4.83. The number of carbonyl (C=O) groups is 1. The Morgan fingerprint density at radius 2 is 1.91 bits per heavy atom. The standard InChI is InChI=1S/C26H26F2N4O3/c1-15-22(16(2)35-31-15)21-12-29-23-20(18-4-6-19(7-5-18)25(33)34-3)14-32(24(23)30-21)13-17-8-10-26(27,28)11-9-17/h4-7,12,14,17H,8-11,13H2,1-3H3. The Balaban J connectivity index is 1.58. The third-order valence-electron chi connectivity index (χ3n) is 6.76. The quantitative estimate of drug-likeness (QED) is 0.327. The Morgan fingerprint density at radius 3 is 2.54 bits per heavy atom. The third-order valence-corrected chi connectivity index (χ3v) is 6.76. The van der Waals surface area contributed by atoms with Crippen molar-refractivity contribution in [3.05, 3.63) is 53.7 Å². The topological polar surface area (TPSA) is 83.0 Å². The Kier molecular flexibility index (Phi) is 5.86. The summed E-state index contributed by atoms with van der Waals surface area (Å²) in [7, 11) is 1.34. The van der Waals surface area contributed by atoms with Crippen LogP contribution in [0.25, 0.3) is 33.5 Å². The van der Waals surface area contributed by atoms with Crippen LogP contribution >= 0.6 is 0 Å². The molecule has 1 aliphatic rings. The van der Waals surface area contributed by atoms with Gasteiger partial charge < -0.3 is 13.8 Å². The van der Waals surface area contributed by atoms with E-state index in [0.717, 1.165) is 22.4 Å². The summed E-state index contributed by atoms with van der Waals surface area (Å²) in [5.41, 5.74) is 5.73. The van der Waals surface area contributed by atoms with Crippen molar-refractivity contribution in [3.8, 4) is 22.4 Å². The van der Waals surface area contributed by atoms with E-state index in [1.807, 2.05) is 36.7 Å². The number of aryl methyl sites for hydroxylation is 2. The van der Waals surface area contributed by atoms with Gasteiger partial charge in [-0.25, -0.2) is 23.5 Å². The van der Waals surface area contributed by atoms with Crippen molar-refractivity contribution in [3.63, 3.8) is 0 Å². The van der Waals surface area contributed by atoms with E-state index in [9.17, 15) is 13.6 Å². The molecule has 9 heteroatoms. The normalized spacial score (nSPS) is 16.0. The summed E-state index contributed by atoms with van der Waals surface area (Å²) in [5.74, 6) is -2.19. The minimum absolute atomic E-state index is 0.0886. The molecule has 5 rings (SSSR count). The van der Waals surface area contributed by atoms with Crippen LogP contribution in [-0.4, -0.2) is 38.7 Å².